The zero-order valence-electron chi connectivity index (χ0n) is 18.2. The number of hydrogen-bond acceptors (Lipinski definition) is 4. The van der Waals surface area contributed by atoms with Gasteiger partial charge in [-0.15, -0.1) is 0 Å². The number of nitriles is 1. The van der Waals surface area contributed by atoms with Crippen molar-refractivity contribution >= 4 is 23.3 Å². The lowest BCUT2D eigenvalue weighted by Crippen LogP contribution is -2.49. The summed E-state index contributed by atoms with van der Waals surface area (Å²) in [5, 5.41) is 14.7. The number of rotatable bonds is 5. The molecular formula is C26H25N5O2. The molecule has 33 heavy (non-hydrogen) atoms. The molecule has 0 radical (unpaired) electrons. The summed E-state index contributed by atoms with van der Waals surface area (Å²) >= 11 is 0. The van der Waals surface area contributed by atoms with Crippen molar-refractivity contribution < 1.29 is 9.59 Å². The third-order valence-corrected chi connectivity index (χ3v) is 5.53. The fourth-order valence-electron chi connectivity index (χ4n) is 3.76. The van der Waals surface area contributed by atoms with Crippen LogP contribution in [-0.4, -0.2) is 47.9 Å². The normalized spacial score (nSPS) is 13.7. The first-order chi connectivity index (χ1) is 16.1. The number of piperazine rings is 1. The molecule has 0 saturated carbocycles. The van der Waals surface area contributed by atoms with Gasteiger partial charge in [0, 0.05) is 49.7 Å². The molecule has 0 atom stereocenters. The van der Waals surface area contributed by atoms with Crippen molar-refractivity contribution in [3.8, 4) is 6.07 Å². The molecule has 0 spiro atoms. The second-order valence-corrected chi connectivity index (χ2v) is 7.91. The van der Waals surface area contributed by atoms with E-state index in [1.54, 1.807) is 53.4 Å². The summed E-state index contributed by atoms with van der Waals surface area (Å²) < 4.78 is 0. The standard InChI is InChI=1S/C26H25N5O2/c27-18-21-8-4-10-23(16-21)28-25(32)22-9-5-11-24(17-22)29-26(33)31-14-12-30(13-15-31)19-20-6-2-1-3-7-20/h1-11,16-17H,12-15,19H2,(H,28,32)(H,29,33). The number of carbonyl (C=O) groups excluding carboxylic acids is 2. The maximum atomic E-state index is 12.7. The molecule has 0 bridgehead atoms. The third-order valence-electron chi connectivity index (χ3n) is 5.53. The molecule has 7 nitrogen and oxygen atoms in total. The number of nitrogens with one attached hydrogen (secondary N) is 2. The molecule has 166 valence electrons. The molecule has 3 aromatic carbocycles. The van der Waals surface area contributed by atoms with Crippen LogP contribution in [0.5, 0.6) is 0 Å². The van der Waals surface area contributed by atoms with E-state index < -0.39 is 0 Å². The maximum Gasteiger partial charge on any atom is 0.321 e. The first-order valence-corrected chi connectivity index (χ1v) is 10.8. The summed E-state index contributed by atoms with van der Waals surface area (Å²) in [6, 6.07) is 25.7. The Balaban J connectivity index is 1.31. The molecular weight excluding hydrogens is 414 g/mol. The highest BCUT2D eigenvalue weighted by Gasteiger charge is 2.21. The highest BCUT2D eigenvalue weighted by Crippen LogP contribution is 2.16. The van der Waals surface area contributed by atoms with Gasteiger partial charge in [0.2, 0.25) is 0 Å². The topological polar surface area (TPSA) is 88.5 Å². The van der Waals surface area contributed by atoms with Crippen molar-refractivity contribution in [2.75, 3.05) is 36.8 Å². The van der Waals surface area contributed by atoms with E-state index in [2.05, 4.69) is 33.7 Å². The molecule has 2 N–H and O–H groups in total. The minimum absolute atomic E-state index is 0.173. The van der Waals surface area contributed by atoms with Gasteiger partial charge in [0.1, 0.15) is 0 Å². The zero-order valence-corrected chi connectivity index (χ0v) is 18.2. The van der Waals surface area contributed by atoms with Crippen LogP contribution in [0, 0.1) is 11.3 Å². The zero-order chi connectivity index (χ0) is 23.0. The van der Waals surface area contributed by atoms with Crippen molar-refractivity contribution in [1.29, 1.82) is 5.26 Å². The predicted molar refractivity (Wildman–Crippen MR) is 128 cm³/mol. The van der Waals surface area contributed by atoms with Gasteiger partial charge >= 0.3 is 6.03 Å². The maximum absolute atomic E-state index is 12.7. The first kappa shape index (κ1) is 22.1. The summed E-state index contributed by atoms with van der Waals surface area (Å²) in [5.41, 5.74) is 3.26. The van der Waals surface area contributed by atoms with Crippen LogP contribution in [0.2, 0.25) is 0 Å². The number of amides is 3. The Bertz CT molecular complexity index is 1160. The number of anilines is 2. The Kier molecular flexibility index (Phi) is 6.98. The fraction of sp³-hybridized carbons (Fsp3) is 0.192. The molecule has 1 aliphatic heterocycles. The number of urea groups is 1. The average Bonchev–Trinajstić information content (AvgIpc) is 2.85. The van der Waals surface area contributed by atoms with E-state index in [4.69, 9.17) is 5.26 Å². The highest BCUT2D eigenvalue weighted by molar-refractivity contribution is 6.05. The molecule has 1 fully saturated rings. The fourth-order valence-corrected chi connectivity index (χ4v) is 3.76. The van der Waals surface area contributed by atoms with Crippen LogP contribution in [-0.2, 0) is 6.54 Å². The highest BCUT2D eigenvalue weighted by atomic mass is 16.2. The van der Waals surface area contributed by atoms with Gasteiger partial charge < -0.3 is 15.5 Å². The van der Waals surface area contributed by atoms with E-state index in [1.807, 2.05) is 18.2 Å². The van der Waals surface area contributed by atoms with Gasteiger partial charge in [-0.05, 0) is 42.0 Å². The first-order valence-electron chi connectivity index (χ1n) is 10.8. The third kappa shape index (κ3) is 5.97. The van der Waals surface area contributed by atoms with Crippen LogP contribution in [0.15, 0.2) is 78.9 Å². The average molecular weight is 440 g/mol. The number of hydrogen-bond donors (Lipinski definition) is 2. The quantitative estimate of drug-likeness (QED) is 0.625. The van der Waals surface area contributed by atoms with E-state index in [9.17, 15) is 9.59 Å². The molecule has 0 aromatic heterocycles. The van der Waals surface area contributed by atoms with Crippen molar-refractivity contribution in [1.82, 2.24) is 9.80 Å². The van der Waals surface area contributed by atoms with Crippen molar-refractivity contribution in [2.45, 2.75) is 6.54 Å². The van der Waals surface area contributed by atoms with Crippen LogP contribution >= 0.6 is 0 Å². The van der Waals surface area contributed by atoms with Crippen LogP contribution in [0.1, 0.15) is 21.5 Å². The Morgan fingerprint density at radius 2 is 1.52 bits per heavy atom. The molecule has 1 aliphatic rings. The second kappa shape index (κ2) is 10.4. The van der Waals surface area contributed by atoms with E-state index in [0.29, 0.717) is 35.6 Å². The van der Waals surface area contributed by atoms with E-state index in [-0.39, 0.29) is 11.9 Å². The Morgan fingerprint density at radius 1 is 0.818 bits per heavy atom. The van der Waals surface area contributed by atoms with Gasteiger partial charge in [-0.2, -0.15) is 5.26 Å². The van der Waals surface area contributed by atoms with E-state index >= 15 is 0 Å². The van der Waals surface area contributed by atoms with Gasteiger partial charge in [0.05, 0.1) is 11.6 Å². The largest absolute Gasteiger partial charge is 0.322 e. The van der Waals surface area contributed by atoms with Gasteiger partial charge in [-0.25, -0.2) is 4.79 Å². The second-order valence-electron chi connectivity index (χ2n) is 7.91. The minimum Gasteiger partial charge on any atom is -0.322 e. The van der Waals surface area contributed by atoms with E-state index in [1.165, 1.54) is 5.56 Å². The lowest BCUT2D eigenvalue weighted by atomic mass is 10.1. The summed E-state index contributed by atoms with van der Waals surface area (Å²) in [4.78, 5) is 29.5. The molecule has 1 saturated heterocycles. The monoisotopic (exact) mass is 439 g/mol. The van der Waals surface area contributed by atoms with Crippen molar-refractivity contribution in [3.63, 3.8) is 0 Å². The number of benzene rings is 3. The Labute approximate surface area is 193 Å². The molecule has 1 heterocycles. The summed E-state index contributed by atoms with van der Waals surface area (Å²) in [6.45, 7) is 3.80. The van der Waals surface area contributed by atoms with Crippen molar-refractivity contribution in [3.05, 3.63) is 95.6 Å². The molecule has 0 unspecified atom stereocenters. The van der Waals surface area contributed by atoms with Gasteiger partial charge in [-0.3, -0.25) is 9.69 Å². The summed E-state index contributed by atoms with van der Waals surface area (Å²) in [5.74, 6) is -0.310. The van der Waals surface area contributed by atoms with Gasteiger partial charge in [0.25, 0.3) is 5.91 Å². The number of carbonyl (C=O) groups is 2. The van der Waals surface area contributed by atoms with Crippen molar-refractivity contribution in [2.24, 2.45) is 0 Å². The molecule has 3 aromatic rings. The minimum atomic E-state index is -0.310. The Hall–Kier alpha value is -4.15. The van der Waals surface area contributed by atoms with E-state index in [0.717, 1.165) is 19.6 Å². The molecule has 4 rings (SSSR count). The van der Waals surface area contributed by atoms with Gasteiger partial charge in [-0.1, -0.05) is 42.5 Å². The SMILES string of the molecule is N#Cc1cccc(NC(=O)c2cccc(NC(=O)N3CCN(Cc4ccccc4)CC3)c2)c1. The predicted octanol–water partition coefficient (Wildman–Crippen LogP) is 4.16. The lowest BCUT2D eigenvalue weighted by molar-refractivity contribution is 0.102. The molecule has 0 aliphatic carbocycles. The molecule has 3 amide bonds. The number of nitrogens with zero attached hydrogens (tertiary/aromatic N) is 3. The lowest BCUT2D eigenvalue weighted by Gasteiger charge is -2.34. The van der Waals surface area contributed by atoms with Crippen LogP contribution in [0.3, 0.4) is 0 Å². The van der Waals surface area contributed by atoms with Crippen LogP contribution in [0.25, 0.3) is 0 Å². The molecule has 7 heteroatoms. The van der Waals surface area contributed by atoms with Gasteiger partial charge in [0.15, 0.2) is 0 Å². The van der Waals surface area contributed by atoms with Crippen LogP contribution < -0.4 is 10.6 Å². The van der Waals surface area contributed by atoms with Crippen LogP contribution in [0.4, 0.5) is 16.2 Å². The smallest absolute Gasteiger partial charge is 0.321 e. The Morgan fingerprint density at radius 3 is 2.24 bits per heavy atom. The summed E-state index contributed by atoms with van der Waals surface area (Å²) in [7, 11) is 0. The summed E-state index contributed by atoms with van der Waals surface area (Å²) in [6.07, 6.45) is 0.